The number of methoxy groups -OCH3 is 1. The van der Waals surface area contributed by atoms with Gasteiger partial charge in [0.1, 0.15) is 5.82 Å². The molecule has 0 aliphatic heterocycles. The molecule has 1 N–H and O–H groups in total. The normalized spacial score (nSPS) is 10.7. The molecule has 5 nitrogen and oxygen atoms in total. The highest BCUT2D eigenvalue weighted by Gasteiger charge is 2.04. The van der Waals surface area contributed by atoms with E-state index in [1.807, 2.05) is 25.4 Å². The number of furan rings is 1. The SMILES string of the molecule is COCCNCc1ccc(N(C)Cc2ccoc2)nc1. The van der Waals surface area contributed by atoms with Crippen LogP contribution in [0.5, 0.6) is 0 Å². The van der Waals surface area contributed by atoms with Gasteiger partial charge in [0.25, 0.3) is 0 Å². The zero-order chi connectivity index (χ0) is 14.2. The van der Waals surface area contributed by atoms with Crippen LogP contribution in [0.4, 0.5) is 5.82 Å². The number of nitrogens with one attached hydrogen (secondary N) is 1. The molecule has 2 aromatic rings. The number of aromatic nitrogens is 1. The third-order valence-corrected chi connectivity index (χ3v) is 3.01. The number of nitrogens with zero attached hydrogens (tertiary/aromatic N) is 2. The fourth-order valence-corrected chi connectivity index (χ4v) is 1.89. The van der Waals surface area contributed by atoms with Gasteiger partial charge in [-0.15, -0.1) is 0 Å². The molecule has 5 heteroatoms. The molecule has 0 atom stereocenters. The first-order chi connectivity index (χ1) is 9.79. The third-order valence-electron chi connectivity index (χ3n) is 3.01. The molecule has 0 amide bonds. The van der Waals surface area contributed by atoms with Crippen molar-refractivity contribution in [2.75, 3.05) is 32.2 Å². The van der Waals surface area contributed by atoms with E-state index in [4.69, 9.17) is 9.15 Å². The van der Waals surface area contributed by atoms with Crippen LogP contribution in [-0.2, 0) is 17.8 Å². The first-order valence-corrected chi connectivity index (χ1v) is 6.66. The molecule has 0 aliphatic rings. The Morgan fingerprint density at radius 3 is 2.85 bits per heavy atom. The van der Waals surface area contributed by atoms with E-state index in [0.29, 0.717) is 0 Å². The molecule has 0 saturated heterocycles. The summed E-state index contributed by atoms with van der Waals surface area (Å²) < 4.78 is 10.1. The second kappa shape index (κ2) is 7.67. The number of pyridine rings is 1. The summed E-state index contributed by atoms with van der Waals surface area (Å²) in [6.45, 7) is 3.16. The highest BCUT2D eigenvalue weighted by Crippen LogP contribution is 2.13. The van der Waals surface area contributed by atoms with Crippen molar-refractivity contribution in [3.63, 3.8) is 0 Å². The lowest BCUT2D eigenvalue weighted by Gasteiger charge is -2.17. The lowest BCUT2D eigenvalue weighted by Crippen LogP contribution is -2.19. The molecule has 0 unspecified atom stereocenters. The number of ether oxygens (including phenoxy) is 1. The quantitative estimate of drug-likeness (QED) is 0.747. The van der Waals surface area contributed by atoms with E-state index in [0.717, 1.165) is 37.6 Å². The van der Waals surface area contributed by atoms with Crippen molar-refractivity contribution in [3.05, 3.63) is 48.0 Å². The van der Waals surface area contributed by atoms with Crippen LogP contribution in [0.2, 0.25) is 0 Å². The molecule has 0 fully saturated rings. The summed E-state index contributed by atoms with van der Waals surface area (Å²) in [4.78, 5) is 6.57. The Morgan fingerprint density at radius 1 is 1.30 bits per heavy atom. The molecule has 108 valence electrons. The minimum atomic E-state index is 0.721. The van der Waals surface area contributed by atoms with Crippen LogP contribution in [0, 0.1) is 0 Å². The van der Waals surface area contributed by atoms with E-state index >= 15 is 0 Å². The van der Waals surface area contributed by atoms with Crippen molar-refractivity contribution >= 4 is 5.82 Å². The zero-order valence-electron chi connectivity index (χ0n) is 12.0. The summed E-state index contributed by atoms with van der Waals surface area (Å²) in [6, 6.07) is 6.09. The predicted octanol–water partition coefficient (Wildman–Crippen LogP) is 2.05. The van der Waals surface area contributed by atoms with Crippen molar-refractivity contribution in [1.82, 2.24) is 10.3 Å². The number of hydrogen-bond donors (Lipinski definition) is 1. The first-order valence-electron chi connectivity index (χ1n) is 6.66. The Balaban J connectivity index is 1.84. The highest BCUT2D eigenvalue weighted by molar-refractivity contribution is 5.39. The summed E-state index contributed by atoms with van der Waals surface area (Å²) in [7, 11) is 3.72. The molecule has 2 aromatic heterocycles. The molecular weight excluding hydrogens is 254 g/mol. The van der Waals surface area contributed by atoms with Crippen LogP contribution < -0.4 is 10.2 Å². The van der Waals surface area contributed by atoms with Crippen LogP contribution in [0.1, 0.15) is 11.1 Å². The van der Waals surface area contributed by atoms with Gasteiger partial charge in [-0.05, 0) is 17.7 Å². The second-order valence-corrected chi connectivity index (χ2v) is 4.68. The van der Waals surface area contributed by atoms with Gasteiger partial charge in [0.05, 0.1) is 19.1 Å². The zero-order valence-corrected chi connectivity index (χ0v) is 12.0. The lowest BCUT2D eigenvalue weighted by molar-refractivity contribution is 0.199. The lowest BCUT2D eigenvalue weighted by atomic mass is 10.2. The highest BCUT2D eigenvalue weighted by atomic mass is 16.5. The molecule has 0 spiro atoms. The van der Waals surface area contributed by atoms with E-state index in [1.54, 1.807) is 19.6 Å². The number of hydrogen-bond acceptors (Lipinski definition) is 5. The fraction of sp³-hybridized carbons (Fsp3) is 0.400. The van der Waals surface area contributed by atoms with Crippen molar-refractivity contribution in [3.8, 4) is 0 Å². The number of rotatable bonds is 8. The Morgan fingerprint density at radius 2 is 2.20 bits per heavy atom. The van der Waals surface area contributed by atoms with Gasteiger partial charge >= 0.3 is 0 Å². The topological polar surface area (TPSA) is 50.5 Å². The first kappa shape index (κ1) is 14.6. The summed E-state index contributed by atoms with van der Waals surface area (Å²) in [6.07, 6.45) is 5.34. The van der Waals surface area contributed by atoms with Crippen molar-refractivity contribution in [2.24, 2.45) is 0 Å². The Labute approximate surface area is 119 Å². The molecule has 2 rings (SSSR count). The largest absolute Gasteiger partial charge is 0.472 e. The van der Waals surface area contributed by atoms with Crippen molar-refractivity contribution < 1.29 is 9.15 Å². The minimum absolute atomic E-state index is 0.721. The van der Waals surface area contributed by atoms with Gasteiger partial charge in [-0.1, -0.05) is 6.07 Å². The fourth-order valence-electron chi connectivity index (χ4n) is 1.89. The van der Waals surface area contributed by atoms with Gasteiger partial charge in [0.15, 0.2) is 0 Å². The maximum Gasteiger partial charge on any atom is 0.128 e. The molecule has 0 bridgehead atoms. The van der Waals surface area contributed by atoms with Crippen molar-refractivity contribution in [1.29, 1.82) is 0 Å². The summed E-state index contributed by atoms with van der Waals surface area (Å²) in [5.41, 5.74) is 2.31. The molecule has 0 radical (unpaired) electrons. The van der Waals surface area contributed by atoms with E-state index in [9.17, 15) is 0 Å². The van der Waals surface area contributed by atoms with Gasteiger partial charge < -0.3 is 19.4 Å². The average molecular weight is 275 g/mol. The van der Waals surface area contributed by atoms with Crippen LogP contribution >= 0.6 is 0 Å². The predicted molar refractivity (Wildman–Crippen MR) is 78.6 cm³/mol. The Kier molecular flexibility index (Phi) is 5.58. The summed E-state index contributed by atoms with van der Waals surface area (Å²) >= 11 is 0. The van der Waals surface area contributed by atoms with E-state index in [1.165, 1.54) is 5.56 Å². The van der Waals surface area contributed by atoms with Crippen LogP contribution in [0.25, 0.3) is 0 Å². The summed E-state index contributed by atoms with van der Waals surface area (Å²) in [5, 5.41) is 3.30. The van der Waals surface area contributed by atoms with Crippen LogP contribution in [0.15, 0.2) is 41.3 Å². The molecule has 0 aliphatic carbocycles. The maximum absolute atomic E-state index is 5.07. The van der Waals surface area contributed by atoms with Gasteiger partial charge in [-0.2, -0.15) is 0 Å². The molecule has 20 heavy (non-hydrogen) atoms. The standard InChI is InChI=1S/C15H21N3O2/c1-18(11-14-5-7-20-12-14)15-4-3-13(10-17-15)9-16-6-8-19-2/h3-5,7,10,12,16H,6,8-9,11H2,1-2H3. The molecular formula is C15H21N3O2. The summed E-state index contributed by atoms with van der Waals surface area (Å²) in [5.74, 6) is 0.951. The molecule has 0 saturated carbocycles. The second-order valence-electron chi connectivity index (χ2n) is 4.68. The number of anilines is 1. The Hall–Kier alpha value is -1.85. The smallest absolute Gasteiger partial charge is 0.128 e. The van der Waals surface area contributed by atoms with E-state index in [2.05, 4.69) is 21.3 Å². The van der Waals surface area contributed by atoms with Gasteiger partial charge in [-0.3, -0.25) is 0 Å². The maximum atomic E-state index is 5.07. The molecule has 0 aromatic carbocycles. The van der Waals surface area contributed by atoms with Gasteiger partial charge in [0.2, 0.25) is 0 Å². The van der Waals surface area contributed by atoms with Crippen LogP contribution in [0.3, 0.4) is 0 Å². The minimum Gasteiger partial charge on any atom is -0.472 e. The third kappa shape index (κ3) is 4.36. The van der Waals surface area contributed by atoms with Gasteiger partial charge in [-0.25, -0.2) is 4.98 Å². The monoisotopic (exact) mass is 275 g/mol. The average Bonchev–Trinajstić information content (AvgIpc) is 2.97. The molecule has 2 heterocycles. The Bertz CT molecular complexity index is 482. The van der Waals surface area contributed by atoms with Gasteiger partial charge in [0, 0.05) is 45.6 Å². The van der Waals surface area contributed by atoms with Crippen molar-refractivity contribution in [2.45, 2.75) is 13.1 Å². The van der Waals surface area contributed by atoms with Crippen LogP contribution in [-0.4, -0.2) is 32.3 Å². The van der Waals surface area contributed by atoms with E-state index < -0.39 is 0 Å². The van der Waals surface area contributed by atoms with E-state index in [-0.39, 0.29) is 0 Å².